The molecule has 0 aromatic heterocycles. The Labute approximate surface area is 160 Å². The Hall–Kier alpha value is -2.23. The highest BCUT2D eigenvalue weighted by Gasteiger charge is 2.41. The van der Waals surface area contributed by atoms with E-state index in [-0.39, 0.29) is 5.92 Å². The third-order valence-corrected chi connectivity index (χ3v) is 6.35. The zero-order valence-electron chi connectivity index (χ0n) is 15.5. The minimum atomic E-state index is 0.114. The molecule has 0 saturated carbocycles. The zero-order valence-corrected chi connectivity index (χ0v) is 15.5. The van der Waals surface area contributed by atoms with Crippen molar-refractivity contribution in [2.75, 3.05) is 13.2 Å². The second kappa shape index (κ2) is 7.06. The van der Waals surface area contributed by atoms with Crippen LogP contribution in [0.2, 0.25) is 0 Å². The average molecular weight is 359 g/mol. The molecule has 0 amide bonds. The highest BCUT2D eigenvalue weighted by atomic mass is 16.5. The van der Waals surface area contributed by atoms with E-state index < -0.39 is 0 Å². The van der Waals surface area contributed by atoms with Gasteiger partial charge in [-0.15, -0.1) is 0 Å². The summed E-state index contributed by atoms with van der Waals surface area (Å²) in [7, 11) is 0. The van der Waals surface area contributed by atoms with Crippen molar-refractivity contribution in [3.05, 3.63) is 76.9 Å². The molecule has 2 aliphatic heterocycles. The van der Waals surface area contributed by atoms with Crippen LogP contribution in [0.5, 0.6) is 0 Å². The van der Waals surface area contributed by atoms with Gasteiger partial charge in [-0.3, -0.25) is 9.69 Å². The maximum atomic E-state index is 13.4. The van der Waals surface area contributed by atoms with Gasteiger partial charge in [0.15, 0.2) is 5.78 Å². The topological polar surface area (TPSA) is 29.5 Å². The average Bonchev–Trinajstić information content (AvgIpc) is 3.17. The van der Waals surface area contributed by atoms with Gasteiger partial charge in [0.1, 0.15) is 0 Å². The van der Waals surface area contributed by atoms with Crippen molar-refractivity contribution in [1.29, 1.82) is 0 Å². The number of allylic oxidation sites excluding steroid dienone is 1. The first-order valence-corrected chi connectivity index (χ1v) is 9.99. The van der Waals surface area contributed by atoms with Crippen molar-refractivity contribution in [3.63, 3.8) is 0 Å². The molecule has 0 spiro atoms. The van der Waals surface area contributed by atoms with Crippen LogP contribution in [0.3, 0.4) is 0 Å². The summed E-state index contributed by atoms with van der Waals surface area (Å²) in [6.45, 7) is 2.42. The number of ketones is 1. The van der Waals surface area contributed by atoms with Crippen LogP contribution in [0.15, 0.2) is 54.6 Å². The molecule has 2 fully saturated rings. The molecular formula is C24H25NO2. The maximum absolute atomic E-state index is 13.4. The second-order valence-corrected chi connectivity index (χ2v) is 8.02. The number of benzene rings is 2. The molecule has 2 unspecified atom stereocenters. The number of hydrogen-bond acceptors (Lipinski definition) is 3. The Kier molecular flexibility index (Phi) is 4.42. The summed E-state index contributed by atoms with van der Waals surface area (Å²) >= 11 is 0. The summed E-state index contributed by atoms with van der Waals surface area (Å²) in [5.41, 5.74) is 4.71. The second-order valence-electron chi connectivity index (χ2n) is 8.02. The van der Waals surface area contributed by atoms with Crippen molar-refractivity contribution in [3.8, 4) is 0 Å². The van der Waals surface area contributed by atoms with Crippen LogP contribution in [0.4, 0.5) is 0 Å². The van der Waals surface area contributed by atoms with Crippen LogP contribution in [-0.4, -0.2) is 36.0 Å². The molecule has 3 aliphatic rings. The first kappa shape index (κ1) is 16.9. The lowest BCUT2D eigenvalue weighted by molar-refractivity contribution is -0.0872. The van der Waals surface area contributed by atoms with E-state index in [1.807, 2.05) is 12.1 Å². The van der Waals surface area contributed by atoms with Crippen LogP contribution < -0.4 is 0 Å². The van der Waals surface area contributed by atoms with Gasteiger partial charge >= 0.3 is 0 Å². The van der Waals surface area contributed by atoms with Crippen LogP contribution >= 0.6 is 0 Å². The molecular weight excluding hydrogens is 334 g/mol. The van der Waals surface area contributed by atoms with E-state index in [9.17, 15) is 4.79 Å². The minimum Gasteiger partial charge on any atom is -0.378 e. The Morgan fingerprint density at radius 2 is 1.78 bits per heavy atom. The summed E-state index contributed by atoms with van der Waals surface area (Å²) in [6, 6.07) is 17.5. The van der Waals surface area contributed by atoms with Gasteiger partial charge in [-0.05, 0) is 36.0 Å². The SMILES string of the molecule is O=C(c1cccc2c1CC=C2)C1CC2COCC(C1)N2Cc1ccccc1. The largest absolute Gasteiger partial charge is 0.378 e. The Morgan fingerprint density at radius 1 is 1.00 bits per heavy atom. The first-order chi connectivity index (χ1) is 13.3. The zero-order chi connectivity index (χ0) is 18.2. The quantitative estimate of drug-likeness (QED) is 0.769. The fraction of sp³-hybridized carbons (Fsp3) is 0.375. The van der Waals surface area contributed by atoms with Crippen LogP contribution in [-0.2, 0) is 17.7 Å². The number of carbonyl (C=O) groups excluding carboxylic acids is 1. The molecule has 27 heavy (non-hydrogen) atoms. The molecule has 3 nitrogen and oxygen atoms in total. The molecule has 2 aromatic rings. The van der Waals surface area contributed by atoms with E-state index in [0.29, 0.717) is 17.9 Å². The van der Waals surface area contributed by atoms with Gasteiger partial charge in [-0.2, -0.15) is 0 Å². The van der Waals surface area contributed by atoms with E-state index in [4.69, 9.17) is 4.74 Å². The van der Waals surface area contributed by atoms with Gasteiger partial charge < -0.3 is 4.74 Å². The number of piperidine rings is 1. The molecule has 1 aliphatic carbocycles. The predicted molar refractivity (Wildman–Crippen MR) is 107 cm³/mol. The molecule has 3 heteroatoms. The van der Waals surface area contributed by atoms with Crippen molar-refractivity contribution < 1.29 is 9.53 Å². The molecule has 2 bridgehead atoms. The standard InChI is InChI=1S/C24H25NO2/c26-24(23-11-5-9-18-8-4-10-22(18)23)19-12-20-15-27-16-21(13-19)25(20)14-17-6-2-1-3-7-17/h1-9,11,19-21H,10,12-16H2. The summed E-state index contributed by atoms with van der Waals surface area (Å²) in [4.78, 5) is 15.9. The number of Topliss-reactive ketones (excluding diaryl/α,β-unsaturated/α-hetero) is 1. The number of carbonyl (C=O) groups is 1. The van der Waals surface area contributed by atoms with Gasteiger partial charge in [0.25, 0.3) is 0 Å². The van der Waals surface area contributed by atoms with E-state index in [1.54, 1.807) is 0 Å². The highest BCUT2D eigenvalue weighted by Crippen LogP contribution is 2.36. The molecule has 5 rings (SSSR count). The first-order valence-electron chi connectivity index (χ1n) is 9.99. The number of fused-ring (bicyclic) bond motifs is 3. The molecule has 0 radical (unpaired) electrons. The molecule has 2 saturated heterocycles. The fourth-order valence-electron chi connectivity index (χ4n) is 5.00. The van der Waals surface area contributed by atoms with Gasteiger partial charge in [-0.1, -0.05) is 60.7 Å². The smallest absolute Gasteiger partial charge is 0.166 e. The Morgan fingerprint density at radius 3 is 2.56 bits per heavy atom. The van der Waals surface area contributed by atoms with E-state index >= 15 is 0 Å². The molecule has 2 aromatic carbocycles. The monoisotopic (exact) mass is 359 g/mol. The number of rotatable bonds is 4. The van der Waals surface area contributed by atoms with E-state index in [2.05, 4.69) is 53.5 Å². The lowest BCUT2D eigenvalue weighted by Gasteiger charge is -2.48. The summed E-state index contributed by atoms with van der Waals surface area (Å²) < 4.78 is 5.85. The summed E-state index contributed by atoms with van der Waals surface area (Å²) in [5, 5.41) is 0. The third-order valence-electron chi connectivity index (χ3n) is 6.35. The van der Waals surface area contributed by atoms with Gasteiger partial charge in [0.2, 0.25) is 0 Å². The Bertz CT molecular complexity index is 859. The van der Waals surface area contributed by atoms with Gasteiger partial charge in [-0.25, -0.2) is 0 Å². The van der Waals surface area contributed by atoms with Crippen molar-refractivity contribution in [2.45, 2.75) is 37.9 Å². The molecule has 2 heterocycles. The lowest BCUT2D eigenvalue weighted by atomic mass is 9.79. The Balaban J connectivity index is 1.36. The van der Waals surface area contributed by atoms with E-state index in [1.165, 1.54) is 16.7 Å². The molecule has 2 atom stereocenters. The number of ether oxygens (including phenoxy) is 1. The van der Waals surface area contributed by atoms with Crippen molar-refractivity contribution >= 4 is 11.9 Å². The van der Waals surface area contributed by atoms with Crippen LogP contribution in [0.25, 0.3) is 6.08 Å². The fourth-order valence-corrected chi connectivity index (χ4v) is 5.00. The van der Waals surface area contributed by atoms with Crippen LogP contribution in [0.1, 0.15) is 39.9 Å². The highest BCUT2D eigenvalue weighted by molar-refractivity contribution is 6.00. The summed E-state index contributed by atoms with van der Waals surface area (Å²) in [6.07, 6.45) is 6.99. The van der Waals surface area contributed by atoms with Crippen molar-refractivity contribution in [1.82, 2.24) is 4.90 Å². The molecule has 0 N–H and O–H groups in total. The predicted octanol–water partition coefficient (Wildman–Crippen LogP) is 4.12. The summed E-state index contributed by atoms with van der Waals surface area (Å²) in [5.74, 6) is 0.454. The number of morpholine rings is 1. The van der Waals surface area contributed by atoms with Crippen LogP contribution in [0, 0.1) is 5.92 Å². The molecule has 138 valence electrons. The third kappa shape index (κ3) is 3.15. The number of hydrogen-bond donors (Lipinski definition) is 0. The minimum absolute atomic E-state index is 0.114. The normalized spacial score (nSPS) is 26.7. The van der Waals surface area contributed by atoms with E-state index in [0.717, 1.165) is 44.6 Å². The number of nitrogens with zero attached hydrogens (tertiary/aromatic N) is 1. The lowest BCUT2D eigenvalue weighted by Crippen LogP contribution is -2.57. The van der Waals surface area contributed by atoms with Crippen molar-refractivity contribution in [2.24, 2.45) is 5.92 Å². The van der Waals surface area contributed by atoms with Gasteiger partial charge in [0.05, 0.1) is 13.2 Å². The van der Waals surface area contributed by atoms with Gasteiger partial charge in [0, 0.05) is 30.1 Å². The maximum Gasteiger partial charge on any atom is 0.166 e.